The number of hydrogen-bond donors (Lipinski definition) is 0. The summed E-state index contributed by atoms with van der Waals surface area (Å²) in [4.78, 5) is 33.1. The van der Waals surface area contributed by atoms with Crippen LogP contribution in [0.4, 0.5) is 0 Å². The Bertz CT molecular complexity index is 1070. The Morgan fingerprint density at radius 1 is 1.30 bits per heavy atom. The second-order valence-corrected chi connectivity index (χ2v) is 7.79. The lowest BCUT2D eigenvalue weighted by molar-refractivity contribution is -0.141. The summed E-state index contributed by atoms with van der Waals surface area (Å²) in [7, 11) is 1.60. The number of furan rings is 1. The molecule has 158 valence electrons. The van der Waals surface area contributed by atoms with Gasteiger partial charge in [0.25, 0.3) is 5.56 Å². The molecule has 1 aromatic carbocycles. The van der Waals surface area contributed by atoms with Gasteiger partial charge in [-0.3, -0.25) is 14.2 Å². The van der Waals surface area contributed by atoms with E-state index >= 15 is 0 Å². The number of rotatable bonds is 8. The number of para-hydroxylation sites is 1. The standard InChI is InChI=1S/C23H27N3O4/c1-16(26(15-18-9-6-13-30-18)22(27)17-7-5-8-17)21-24-20-11-4-3-10-19(20)23(28)25(21)12-14-29-2/h3-4,6,9-11,13,16-17H,5,7-8,12,14-15H2,1-2H3. The number of hydrogen-bond acceptors (Lipinski definition) is 5. The van der Waals surface area contributed by atoms with Crippen LogP contribution in [0.15, 0.2) is 51.9 Å². The van der Waals surface area contributed by atoms with Crippen LogP contribution in [0.5, 0.6) is 0 Å². The Kier molecular flexibility index (Phi) is 5.99. The molecule has 1 aliphatic rings. The van der Waals surface area contributed by atoms with E-state index in [0.29, 0.717) is 42.2 Å². The van der Waals surface area contributed by atoms with Crippen LogP contribution in [0.25, 0.3) is 10.9 Å². The smallest absolute Gasteiger partial charge is 0.261 e. The minimum absolute atomic E-state index is 0.0296. The lowest BCUT2D eigenvalue weighted by Crippen LogP contribution is -2.42. The van der Waals surface area contributed by atoms with Gasteiger partial charge in [0, 0.05) is 13.0 Å². The summed E-state index contributed by atoms with van der Waals surface area (Å²) < 4.78 is 12.4. The molecule has 30 heavy (non-hydrogen) atoms. The van der Waals surface area contributed by atoms with Crippen LogP contribution in [0.2, 0.25) is 0 Å². The highest BCUT2D eigenvalue weighted by Crippen LogP contribution is 2.32. The van der Waals surface area contributed by atoms with E-state index in [1.807, 2.05) is 37.3 Å². The average molecular weight is 409 g/mol. The molecular weight excluding hydrogens is 382 g/mol. The van der Waals surface area contributed by atoms with Crippen molar-refractivity contribution >= 4 is 16.8 Å². The summed E-state index contributed by atoms with van der Waals surface area (Å²) in [6.07, 6.45) is 4.49. The van der Waals surface area contributed by atoms with E-state index in [1.54, 1.807) is 28.9 Å². The zero-order valence-corrected chi connectivity index (χ0v) is 17.4. The van der Waals surface area contributed by atoms with Crippen LogP contribution >= 0.6 is 0 Å². The van der Waals surface area contributed by atoms with E-state index in [9.17, 15) is 9.59 Å². The van der Waals surface area contributed by atoms with Gasteiger partial charge in [0.05, 0.1) is 42.9 Å². The third kappa shape index (κ3) is 3.89. The Morgan fingerprint density at radius 2 is 2.10 bits per heavy atom. The van der Waals surface area contributed by atoms with Crippen LogP contribution in [-0.2, 0) is 22.6 Å². The number of fused-ring (bicyclic) bond motifs is 1. The van der Waals surface area contributed by atoms with Crippen LogP contribution < -0.4 is 5.56 Å². The first-order valence-electron chi connectivity index (χ1n) is 10.4. The third-order valence-electron chi connectivity index (χ3n) is 5.90. The second kappa shape index (κ2) is 8.83. The maximum atomic E-state index is 13.3. The second-order valence-electron chi connectivity index (χ2n) is 7.79. The largest absolute Gasteiger partial charge is 0.467 e. The van der Waals surface area contributed by atoms with Crippen molar-refractivity contribution in [3.63, 3.8) is 0 Å². The van der Waals surface area contributed by atoms with Gasteiger partial charge in [-0.2, -0.15) is 0 Å². The topological polar surface area (TPSA) is 77.6 Å². The van der Waals surface area contributed by atoms with Gasteiger partial charge >= 0.3 is 0 Å². The highest BCUT2D eigenvalue weighted by atomic mass is 16.5. The molecule has 1 aliphatic carbocycles. The predicted octanol–water partition coefficient (Wildman–Crippen LogP) is 3.53. The van der Waals surface area contributed by atoms with Gasteiger partial charge < -0.3 is 14.1 Å². The summed E-state index contributed by atoms with van der Waals surface area (Å²) in [5.74, 6) is 1.39. The van der Waals surface area contributed by atoms with Crippen molar-refractivity contribution in [1.29, 1.82) is 0 Å². The molecule has 0 aliphatic heterocycles. The number of carbonyl (C=O) groups excluding carboxylic acids is 1. The molecule has 0 saturated heterocycles. The van der Waals surface area contributed by atoms with Crippen LogP contribution in [0.1, 0.15) is 43.8 Å². The maximum absolute atomic E-state index is 13.3. The molecule has 7 nitrogen and oxygen atoms in total. The van der Waals surface area contributed by atoms with Crippen LogP contribution in [0.3, 0.4) is 0 Å². The van der Waals surface area contributed by atoms with Crippen molar-refractivity contribution in [3.8, 4) is 0 Å². The molecule has 0 bridgehead atoms. The SMILES string of the molecule is COCCn1c(C(C)N(Cc2ccco2)C(=O)C2CCC2)nc2ccccc2c1=O. The highest BCUT2D eigenvalue weighted by Gasteiger charge is 2.34. The molecule has 2 heterocycles. The quantitative estimate of drug-likeness (QED) is 0.569. The minimum atomic E-state index is -0.391. The summed E-state index contributed by atoms with van der Waals surface area (Å²) in [5, 5.41) is 0.562. The van der Waals surface area contributed by atoms with E-state index in [1.165, 1.54) is 0 Å². The van der Waals surface area contributed by atoms with E-state index in [4.69, 9.17) is 14.1 Å². The molecule has 7 heteroatoms. The zero-order chi connectivity index (χ0) is 21.1. The molecule has 0 radical (unpaired) electrons. The number of amides is 1. The summed E-state index contributed by atoms with van der Waals surface area (Å²) >= 11 is 0. The molecule has 1 atom stereocenters. The average Bonchev–Trinajstić information content (AvgIpc) is 3.23. The van der Waals surface area contributed by atoms with E-state index in [0.717, 1.165) is 19.3 Å². The van der Waals surface area contributed by atoms with E-state index < -0.39 is 6.04 Å². The first-order valence-corrected chi connectivity index (χ1v) is 10.4. The van der Waals surface area contributed by atoms with Crippen molar-refractivity contribution < 1.29 is 13.9 Å². The van der Waals surface area contributed by atoms with Gasteiger partial charge in [-0.1, -0.05) is 18.6 Å². The number of aromatic nitrogens is 2. The van der Waals surface area contributed by atoms with Crippen molar-refractivity contribution in [3.05, 3.63) is 64.6 Å². The van der Waals surface area contributed by atoms with Crippen LogP contribution in [-0.4, -0.2) is 34.1 Å². The molecule has 2 aromatic heterocycles. The van der Waals surface area contributed by atoms with Crippen molar-refractivity contribution in [2.75, 3.05) is 13.7 Å². The lowest BCUT2D eigenvalue weighted by atomic mass is 9.84. The summed E-state index contributed by atoms with van der Waals surface area (Å²) in [6.45, 7) is 3.03. The van der Waals surface area contributed by atoms with E-state index in [-0.39, 0.29) is 17.4 Å². The minimum Gasteiger partial charge on any atom is -0.467 e. The Morgan fingerprint density at radius 3 is 2.77 bits per heavy atom. The van der Waals surface area contributed by atoms with Gasteiger partial charge in [-0.05, 0) is 44.0 Å². The number of methoxy groups -OCH3 is 1. The van der Waals surface area contributed by atoms with Crippen molar-refractivity contribution in [2.24, 2.45) is 5.92 Å². The predicted molar refractivity (Wildman–Crippen MR) is 113 cm³/mol. The molecule has 4 rings (SSSR count). The molecule has 1 unspecified atom stereocenters. The molecule has 3 aromatic rings. The summed E-state index contributed by atoms with van der Waals surface area (Å²) in [5.41, 5.74) is 0.514. The molecular formula is C23H27N3O4. The number of carbonyl (C=O) groups is 1. The first kappa shape index (κ1) is 20.3. The summed E-state index contributed by atoms with van der Waals surface area (Å²) in [6, 6.07) is 10.6. The van der Waals surface area contributed by atoms with Gasteiger partial charge in [0.2, 0.25) is 5.91 Å². The van der Waals surface area contributed by atoms with Crippen molar-refractivity contribution in [2.45, 2.75) is 45.3 Å². The number of nitrogens with zero attached hydrogens (tertiary/aromatic N) is 3. The Labute approximate surface area is 175 Å². The van der Waals surface area contributed by atoms with Crippen molar-refractivity contribution in [1.82, 2.24) is 14.5 Å². The maximum Gasteiger partial charge on any atom is 0.261 e. The van der Waals surface area contributed by atoms with Crippen LogP contribution in [0, 0.1) is 5.92 Å². The van der Waals surface area contributed by atoms with Gasteiger partial charge in [-0.15, -0.1) is 0 Å². The molecule has 1 amide bonds. The van der Waals surface area contributed by atoms with Gasteiger partial charge in [0.15, 0.2) is 0 Å². The third-order valence-corrected chi connectivity index (χ3v) is 5.90. The highest BCUT2D eigenvalue weighted by molar-refractivity contribution is 5.80. The molecule has 1 fully saturated rings. The Balaban J connectivity index is 1.78. The Hall–Kier alpha value is -2.93. The number of benzene rings is 1. The van der Waals surface area contributed by atoms with E-state index in [2.05, 4.69) is 0 Å². The fraction of sp³-hybridized carbons (Fsp3) is 0.435. The normalized spacial score (nSPS) is 15.1. The monoisotopic (exact) mass is 409 g/mol. The number of ether oxygens (including phenoxy) is 1. The fourth-order valence-corrected chi connectivity index (χ4v) is 3.91. The zero-order valence-electron chi connectivity index (χ0n) is 17.4. The van der Waals surface area contributed by atoms with Gasteiger partial charge in [-0.25, -0.2) is 4.98 Å². The first-order chi connectivity index (χ1) is 14.6. The van der Waals surface area contributed by atoms with Gasteiger partial charge in [0.1, 0.15) is 11.6 Å². The fourth-order valence-electron chi connectivity index (χ4n) is 3.91. The molecule has 0 spiro atoms. The molecule has 1 saturated carbocycles. The lowest BCUT2D eigenvalue weighted by Gasteiger charge is -2.35. The molecule has 0 N–H and O–H groups in total.